The summed E-state index contributed by atoms with van der Waals surface area (Å²) in [5, 5.41) is 12.2. The summed E-state index contributed by atoms with van der Waals surface area (Å²) in [5.74, 6) is 0.421. The Morgan fingerprint density at radius 1 is 1.40 bits per heavy atom. The van der Waals surface area contributed by atoms with E-state index < -0.39 is 10.0 Å². The van der Waals surface area contributed by atoms with Crippen LogP contribution >= 0.6 is 0 Å². The normalized spacial score (nSPS) is 26.4. The van der Waals surface area contributed by atoms with Crippen LogP contribution in [0.4, 0.5) is 0 Å². The zero-order valence-electron chi connectivity index (χ0n) is 11.3. The van der Waals surface area contributed by atoms with E-state index in [0.717, 1.165) is 19.5 Å². The minimum atomic E-state index is -3.51. The van der Waals surface area contributed by atoms with Crippen molar-refractivity contribution >= 4 is 10.0 Å². The number of fused-ring (bicyclic) bond motifs is 1. The van der Waals surface area contributed by atoms with Crippen LogP contribution < -0.4 is 5.32 Å². The minimum Gasteiger partial charge on any atom is -0.315 e. The summed E-state index contributed by atoms with van der Waals surface area (Å²) >= 11 is 0. The molecule has 1 N–H and O–H groups in total. The first-order valence-electron chi connectivity index (χ1n) is 6.77. The first-order valence-corrected chi connectivity index (χ1v) is 8.21. The van der Waals surface area contributed by atoms with E-state index >= 15 is 0 Å². The summed E-state index contributed by atoms with van der Waals surface area (Å²) in [5.41, 5.74) is 1.08. The first kappa shape index (κ1) is 13.6. The molecular weight excluding hydrogens is 274 g/mol. The average Bonchev–Trinajstić information content (AvgIpc) is 3.01. The Labute approximate surface area is 119 Å². The van der Waals surface area contributed by atoms with Gasteiger partial charge in [-0.05, 0) is 43.5 Å². The summed E-state index contributed by atoms with van der Waals surface area (Å²) in [4.78, 5) is 0.268. The van der Waals surface area contributed by atoms with Crippen molar-refractivity contribution in [3.63, 3.8) is 0 Å². The number of nitrogens with zero attached hydrogens (tertiary/aromatic N) is 2. The third-order valence-electron chi connectivity index (χ3n) is 4.30. The molecule has 0 bridgehead atoms. The number of hydrogen-bond acceptors (Lipinski definition) is 4. The minimum absolute atomic E-state index is 0.0603. The number of rotatable bonds is 2. The van der Waals surface area contributed by atoms with Crippen LogP contribution in [0.2, 0.25) is 0 Å². The van der Waals surface area contributed by atoms with E-state index in [1.54, 1.807) is 23.4 Å². The molecule has 6 heteroatoms. The summed E-state index contributed by atoms with van der Waals surface area (Å²) < 4.78 is 27.3. The van der Waals surface area contributed by atoms with Crippen molar-refractivity contribution in [1.29, 1.82) is 5.26 Å². The zero-order valence-corrected chi connectivity index (χ0v) is 12.2. The number of benzene rings is 1. The van der Waals surface area contributed by atoms with Crippen LogP contribution in [-0.4, -0.2) is 38.4 Å². The van der Waals surface area contributed by atoms with Gasteiger partial charge < -0.3 is 5.32 Å². The summed E-state index contributed by atoms with van der Waals surface area (Å²) in [6.45, 7) is 3.97. The van der Waals surface area contributed by atoms with Crippen molar-refractivity contribution in [2.24, 2.45) is 5.92 Å². The predicted molar refractivity (Wildman–Crippen MR) is 74.6 cm³/mol. The average molecular weight is 291 g/mol. The van der Waals surface area contributed by atoms with Crippen LogP contribution in [0.5, 0.6) is 0 Å². The van der Waals surface area contributed by atoms with Crippen molar-refractivity contribution in [3.05, 3.63) is 29.3 Å². The molecule has 1 aromatic rings. The van der Waals surface area contributed by atoms with Gasteiger partial charge >= 0.3 is 0 Å². The van der Waals surface area contributed by atoms with E-state index in [9.17, 15) is 8.42 Å². The molecule has 106 valence electrons. The molecule has 0 amide bonds. The number of nitrogens with one attached hydrogen (secondary N) is 1. The Balaban J connectivity index is 2.02. The molecule has 1 aromatic carbocycles. The SMILES string of the molecule is Cc1ccc(C#N)cc1S(=O)(=O)N1CC[C@H]2CNC[C@H]21. The molecule has 2 aliphatic rings. The molecule has 2 fully saturated rings. The van der Waals surface area contributed by atoms with Gasteiger partial charge in [-0.25, -0.2) is 8.42 Å². The lowest BCUT2D eigenvalue weighted by molar-refractivity contribution is 0.382. The van der Waals surface area contributed by atoms with E-state index in [0.29, 0.717) is 23.6 Å². The van der Waals surface area contributed by atoms with Crippen LogP contribution in [0, 0.1) is 24.2 Å². The van der Waals surface area contributed by atoms with Crippen LogP contribution in [0.15, 0.2) is 23.1 Å². The van der Waals surface area contributed by atoms with Crippen molar-refractivity contribution in [3.8, 4) is 6.07 Å². The van der Waals surface area contributed by atoms with E-state index in [1.807, 2.05) is 6.07 Å². The highest BCUT2D eigenvalue weighted by atomic mass is 32.2. The maximum absolute atomic E-state index is 12.9. The molecule has 0 spiro atoms. The molecule has 0 aliphatic carbocycles. The van der Waals surface area contributed by atoms with Gasteiger partial charge in [-0.1, -0.05) is 6.07 Å². The quantitative estimate of drug-likeness (QED) is 0.876. The number of sulfonamides is 1. The zero-order chi connectivity index (χ0) is 14.3. The molecule has 0 aromatic heterocycles. The second-order valence-electron chi connectivity index (χ2n) is 5.48. The van der Waals surface area contributed by atoms with Crippen molar-refractivity contribution in [1.82, 2.24) is 9.62 Å². The fourth-order valence-electron chi connectivity index (χ4n) is 3.18. The molecule has 0 radical (unpaired) electrons. The first-order chi connectivity index (χ1) is 9.54. The third kappa shape index (κ3) is 2.03. The van der Waals surface area contributed by atoms with E-state index in [2.05, 4.69) is 5.32 Å². The standard InChI is InChI=1S/C14H17N3O2S/c1-10-2-3-11(7-15)6-14(10)20(18,19)17-5-4-12-8-16-9-13(12)17/h2-3,6,12-13,16H,4-5,8-9H2,1H3/t12-,13+/m0/s1. The Morgan fingerprint density at radius 2 is 2.20 bits per heavy atom. The highest BCUT2D eigenvalue weighted by molar-refractivity contribution is 7.89. The summed E-state index contributed by atoms with van der Waals surface area (Å²) in [6.07, 6.45) is 0.911. The van der Waals surface area contributed by atoms with Gasteiger partial charge in [0.05, 0.1) is 16.5 Å². The van der Waals surface area contributed by atoms with Gasteiger partial charge in [0.1, 0.15) is 0 Å². The molecule has 2 aliphatic heterocycles. The Morgan fingerprint density at radius 3 is 2.95 bits per heavy atom. The van der Waals surface area contributed by atoms with E-state index in [1.165, 1.54) is 6.07 Å². The van der Waals surface area contributed by atoms with Gasteiger partial charge in [0.2, 0.25) is 10.0 Å². The molecule has 3 rings (SSSR count). The second kappa shape index (κ2) is 4.85. The third-order valence-corrected chi connectivity index (χ3v) is 6.36. The number of nitriles is 1. The van der Waals surface area contributed by atoms with E-state index in [-0.39, 0.29) is 10.9 Å². The largest absolute Gasteiger partial charge is 0.315 e. The fraction of sp³-hybridized carbons (Fsp3) is 0.500. The lowest BCUT2D eigenvalue weighted by Crippen LogP contribution is -2.39. The van der Waals surface area contributed by atoms with Crippen LogP contribution in [0.25, 0.3) is 0 Å². The van der Waals surface area contributed by atoms with Gasteiger partial charge in [0, 0.05) is 19.1 Å². The van der Waals surface area contributed by atoms with Crippen molar-refractivity contribution in [2.75, 3.05) is 19.6 Å². The number of hydrogen-bond donors (Lipinski definition) is 1. The van der Waals surface area contributed by atoms with Gasteiger partial charge in [-0.2, -0.15) is 9.57 Å². The predicted octanol–water partition coefficient (Wildman–Crippen LogP) is 0.849. The Hall–Kier alpha value is -1.42. The van der Waals surface area contributed by atoms with Crippen LogP contribution in [-0.2, 0) is 10.0 Å². The van der Waals surface area contributed by atoms with Gasteiger partial charge in [-0.15, -0.1) is 0 Å². The molecular formula is C14H17N3O2S. The van der Waals surface area contributed by atoms with Gasteiger partial charge in [-0.3, -0.25) is 0 Å². The van der Waals surface area contributed by atoms with Gasteiger partial charge in [0.25, 0.3) is 0 Å². The molecule has 0 saturated carbocycles. The second-order valence-corrected chi connectivity index (χ2v) is 7.34. The maximum atomic E-state index is 12.9. The lowest BCUT2D eigenvalue weighted by atomic mass is 10.1. The lowest BCUT2D eigenvalue weighted by Gasteiger charge is -2.23. The molecule has 2 heterocycles. The topological polar surface area (TPSA) is 73.2 Å². The smallest absolute Gasteiger partial charge is 0.243 e. The highest BCUT2D eigenvalue weighted by Gasteiger charge is 2.44. The van der Waals surface area contributed by atoms with Crippen molar-refractivity contribution < 1.29 is 8.42 Å². The molecule has 0 unspecified atom stereocenters. The van der Waals surface area contributed by atoms with Crippen LogP contribution in [0.1, 0.15) is 17.5 Å². The molecule has 5 nitrogen and oxygen atoms in total. The maximum Gasteiger partial charge on any atom is 0.243 e. The summed E-state index contributed by atoms with van der Waals surface area (Å²) in [7, 11) is -3.51. The molecule has 2 saturated heterocycles. The summed E-state index contributed by atoms with van der Waals surface area (Å²) in [6, 6.07) is 6.91. The van der Waals surface area contributed by atoms with Gasteiger partial charge in [0.15, 0.2) is 0 Å². The highest BCUT2D eigenvalue weighted by Crippen LogP contribution is 2.33. The Kier molecular flexibility index (Phi) is 3.28. The molecule has 2 atom stereocenters. The van der Waals surface area contributed by atoms with E-state index in [4.69, 9.17) is 5.26 Å². The molecule has 20 heavy (non-hydrogen) atoms. The monoisotopic (exact) mass is 291 g/mol. The van der Waals surface area contributed by atoms with Crippen LogP contribution in [0.3, 0.4) is 0 Å². The Bertz CT molecular complexity index is 678. The van der Waals surface area contributed by atoms with Crippen molar-refractivity contribution in [2.45, 2.75) is 24.3 Å². The fourth-order valence-corrected chi connectivity index (χ4v) is 5.13. The number of aryl methyl sites for hydroxylation is 1.